The summed E-state index contributed by atoms with van der Waals surface area (Å²) in [5.41, 5.74) is 6.61. The minimum Gasteiger partial charge on any atom is -0.383 e. The highest BCUT2D eigenvalue weighted by Gasteiger charge is 2.36. The van der Waals surface area contributed by atoms with Gasteiger partial charge in [0.2, 0.25) is 5.91 Å². The van der Waals surface area contributed by atoms with Crippen LogP contribution >= 0.6 is 0 Å². The van der Waals surface area contributed by atoms with Gasteiger partial charge in [0.25, 0.3) is 0 Å². The maximum Gasteiger partial charge on any atom is 0.225 e. The van der Waals surface area contributed by atoms with Gasteiger partial charge in [-0.15, -0.1) is 0 Å². The Hall–Kier alpha value is -2.18. The number of fused-ring (bicyclic) bond motifs is 1. The Kier molecular flexibility index (Phi) is 2.80. The highest BCUT2D eigenvalue weighted by molar-refractivity contribution is 5.85. The predicted octanol–water partition coefficient (Wildman–Crippen LogP) is 0.982. The van der Waals surface area contributed by atoms with E-state index in [0.717, 1.165) is 49.8 Å². The smallest absolute Gasteiger partial charge is 0.225 e. The van der Waals surface area contributed by atoms with Crippen molar-refractivity contribution in [1.29, 1.82) is 0 Å². The minimum atomic E-state index is 0.174. The van der Waals surface area contributed by atoms with E-state index in [2.05, 4.69) is 15.1 Å². The zero-order valence-electron chi connectivity index (χ0n) is 11.8. The van der Waals surface area contributed by atoms with E-state index in [9.17, 15) is 4.79 Å². The molecule has 2 aromatic heterocycles. The van der Waals surface area contributed by atoms with Crippen LogP contribution in [0, 0.1) is 5.92 Å². The van der Waals surface area contributed by atoms with Crippen molar-refractivity contribution in [2.75, 3.05) is 18.8 Å². The fourth-order valence-corrected chi connectivity index (χ4v) is 3.09. The fraction of sp³-hybridized carbons (Fsp3) is 0.571. The van der Waals surface area contributed by atoms with Gasteiger partial charge in [-0.3, -0.25) is 4.79 Å². The molecule has 0 bridgehead atoms. The maximum absolute atomic E-state index is 12.2. The monoisotopic (exact) mass is 286 g/mol. The first-order valence-electron chi connectivity index (χ1n) is 7.46. The molecule has 1 aliphatic carbocycles. The number of rotatable bonds is 2. The van der Waals surface area contributed by atoms with Gasteiger partial charge in [-0.1, -0.05) is 0 Å². The predicted molar refractivity (Wildman–Crippen MR) is 77.3 cm³/mol. The average molecular weight is 286 g/mol. The molecule has 2 aromatic rings. The summed E-state index contributed by atoms with van der Waals surface area (Å²) < 4.78 is 1.90. The molecule has 0 radical (unpaired) electrons. The van der Waals surface area contributed by atoms with E-state index in [4.69, 9.17) is 5.73 Å². The topological polar surface area (TPSA) is 89.9 Å². The van der Waals surface area contributed by atoms with Crippen LogP contribution < -0.4 is 5.73 Å². The molecule has 2 fully saturated rings. The first-order valence-corrected chi connectivity index (χ1v) is 7.46. The van der Waals surface area contributed by atoms with E-state index in [-0.39, 0.29) is 12.0 Å². The van der Waals surface area contributed by atoms with Crippen molar-refractivity contribution in [2.45, 2.75) is 31.7 Å². The van der Waals surface area contributed by atoms with Crippen LogP contribution in [-0.4, -0.2) is 43.6 Å². The fourth-order valence-electron chi connectivity index (χ4n) is 3.09. The number of carbonyl (C=O) groups excluding carboxylic acids is 1. The number of piperidine rings is 1. The third kappa shape index (κ3) is 2.12. The van der Waals surface area contributed by atoms with E-state index < -0.39 is 0 Å². The van der Waals surface area contributed by atoms with Crippen molar-refractivity contribution in [2.24, 2.45) is 5.92 Å². The molecule has 1 saturated heterocycles. The first-order chi connectivity index (χ1) is 10.2. The molecule has 3 heterocycles. The number of amides is 1. The van der Waals surface area contributed by atoms with Gasteiger partial charge in [0, 0.05) is 19.0 Å². The Morgan fingerprint density at radius 3 is 2.95 bits per heavy atom. The molecule has 1 atom stereocenters. The van der Waals surface area contributed by atoms with Crippen LogP contribution in [0.2, 0.25) is 0 Å². The van der Waals surface area contributed by atoms with Crippen molar-refractivity contribution >= 4 is 22.8 Å². The summed E-state index contributed by atoms with van der Waals surface area (Å²) in [6.45, 7) is 1.58. The Morgan fingerprint density at radius 1 is 1.29 bits per heavy atom. The molecular weight excluding hydrogens is 268 g/mol. The maximum atomic E-state index is 12.2. The highest BCUT2D eigenvalue weighted by atomic mass is 16.2. The van der Waals surface area contributed by atoms with Crippen LogP contribution in [0.1, 0.15) is 31.7 Å². The van der Waals surface area contributed by atoms with Gasteiger partial charge in [0.15, 0.2) is 5.65 Å². The first kappa shape index (κ1) is 12.6. The molecule has 7 heteroatoms. The number of aromatic nitrogens is 4. The zero-order chi connectivity index (χ0) is 14.4. The number of nitrogens with zero attached hydrogens (tertiary/aromatic N) is 5. The molecule has 1 amide bonds. The van der Waals surface area contributed by atoms with Gasteiger partial charge in [0.05, 0.1) is 17.6 Å². The molecule has 1 aliphatic heterocycles. The van der Waals surface area contributed by atoms with Crippen molar-refractivity contribution in [3.63, 3.8) is 0 Å². The molecular formula is C14H18N6O. The quantitative estimate of drug-likeness (QED) is 0.889. The molecule has 2 aliphatic rings. The van der Waals surface area contributed by atoms with Crippen molar-refractivity contribution in [3.05, 3.63) is 12.5 Å². The minimum absolute atomic E-state index is 0.174. The van der Waals surface area contributed by atoms with E-state index in [0.29, 0.717) is 11.7 Å². The Labute approximate surface area is 122 Å². The van der Waals surface area contributed by atoms with E-state index in [1.54, 1.807) is 6.20 Å². The number of nitrogens with two attached hydrogens (primary N) is 1. The van der Waals surface area contributed by atoms with Gasteiger partial charge in [-0.25, -0.2) is 14.6 Å². The second kappa shape index (κ2) is 4.68. The number of nitrogen functional groups attached to an aromatic ring is 1. The molecule has 21 heavy (non-hydrogen) atoms. The average Bonchev–Trinajstić information content (AvgIpc) is 3.26. The van der Waals surface area contributed by atoms with Crippen molar-refractivity contribution < 1.29 is 4.79 Å². The molecule has 110 valence electrons. The summed E-state index contributed by atoms with van der Waals surface area (Å²) in [5, 5.41) is 5.21. The summed E-state index contributed by atoms with van der Waals surface area (Å²) in [4.78, 5) is 22.5. The van der Waals surface area contributed by atoms with Gasteiger partial charge < -0.3 is 10.6 Å². The van der Waals surface area contributed by atoms with Crippen molar-refractivity contribution in [1.82, 2.24) is 24.6 Å². The normalized spacial score (nSPS) is 22.7. The number of anilines is 1. The molecule has 0 spiro atoms. The molecule has 4 rings (SSSR count). The van der Waals surface area contributed by atoms with E-state index >= 15 is 0 Å². The summed E-state index contributed by atoms with van der Waals surface area (Å²) in [5.74, 6) is 1.04. The second-order valence-electron chi connectivity index (χ2n) is 5.94. The van der Waals surface area contributed by atoms with Gasteiger partial charge >= 0.3 is 0 Å². The highest BCUT2D eigenvalue weighted by Crippen LogP contribution is 2.33. The lowest BCUT2D eigenvalue weighted by atomic mass is 10.1. The SMILES string of the molecule is Nc1ncnc2c1cnn2C1CCCN(C(=O)C2CC2)C1. The largest absolute Gasteiger partial charge is 0.383 e. The van der Waals surface area contributed by atoms with E-state index in [1.807, 2.05) is 9.58 Å². The van der Waals surface area contributed by atoms with Crippen LogP contribution in [0.3, 0.4) is 0 Å². The Bertz CT molecular complexity index is 692. The number of likely N-dealkylation sites (tertiary alicyclic amines) is 1. The Morgan fingerprint density at radius 2 is 2.14 bits per heavy atom. The molecule has 2 N–H and O–H groups in total. The summed E-state index contributed by atoms with van der Waals surface area (Å²) in [6, 6.07) is 0.174. The van der Waals surface area contributed by atoms with Gasteiger partial charge in [-0.2, -0.15) is 5.10 Å². The van der Waals surface area contributed by atoms with Crippen LogP contribution in [0.4, 0.5) is 5.82 Å². The zero-order valence-corrected chi connectivity index (χ0v) is 11.8. The second-order valence-corrected chi connectivity index (χ2v) is 5.94. The van der Waals surface area contributed by atoms with Crippen LogP contribution in [-0.2, 0) is 4.79 Å². The van der Waals surface area contributed by atoms with Crippen LogP contribution in [0.15, 0.2) is 12.5 Å². The third-order valence-electron chi connectivity index (χ3n) is 4.40. The molecule has 7 nitrogen and oxygen atoms in total. The molecule has 0 aromatic carbocycles. The number of carbonyl (C=O) groups is 1. The Balaban J connectivity index is 1.62. The van der Waals surface area contributed by atoms with Gasteiger partial charge in [0.1, 0.15) is 12.1 Å². The van der Waals surface area contributed by atoms with Crippen LogP contribution in [0.25, 0.3) is 11.0 Å². The standard InChI is InChI=1S/C14H18N6O/c15-12-11-6-18-20(13(11)17-8-16-12)10-2-1-5-19(7-10)14(21)9-3-4-9/h6,8-10H,1-5,7H2,(H2,15,16,17). The number of hydrogen-bond acceptors (Lipinski definition) is 5. The van der Waals surface area contributed by atoms with Gasteiger partial charge in [-0.05, 0) is 25.7 Å². The summed E-state index contributed by atoms with van der Waals surface area (Å²) in [6.07, 6.45) is 7.29. The van der Waals surface area contributed by atoms with E-state index in [1.165, 1.54) is 6.33 Å². The summed E-state index contributed by atoms with van der Waals surface area (Å²) >= 11 is 0. The number of hydrogen-bond donors (Lipinski definition) is 1. The lowest BCUT2D eigenvalue weighted by molar-refractivity contribution is -0.134. The lowest BCUT2D eigenvalue weighted by Crippen LogP contribution is -2.41. The lowest BCUT2D eigenvalue weighted by Gasteiger charge is -2.33. The molecule has 1 unspecified atom stereocenters. The molecule has 1 saturated carbocycles. The third-order valence-corrected chi connectivity index (χ3v) is 4.40. The van der Waals surface area contributed by atoms with Crippen LogP contribution in [0.5, 0.6) is 0 Å². The summed E-state index contributed by atoms with van der Waals surface area (Å²) in [7, 11) is 0. The van der Waals surface area contributed by atoms with Crippen molar-refractivity contribution in [3.8, 4) is 0 Å².